The summed E-state index contributed by atoms with van der Waals surface area (Å²) in [6.07, 6.45) is 0. The summed E-state index contributed by atoms with van der Waals surface area (Å²) in [6, 6.07) is 6.38. The van der Waals surface area contributed by atoms with Gasteiger partial charge in [-0.1, -0.05) is 6.07 Å². The average Bonchev–Trinajstić information content (AvgIpc) is 2.36. The summed E-state index contributed by atoms with van der Waals surface area (Å²) in [5.74, 6) is -0.589. The third kappa shape index (κ3) is 2.03. The number of likely N-dealkylation sites (N-methyl/N-ethyl adjacent to an activating group) is 1. The smallest absolute Gasteiger partial charge is 0.247 e. The Morgan fingerprint density at radius 3 is 2.68 bits per heavy atom. The molecule has 1 aliphatic heterocycles. The minimum absolute atomic E-state index is 0.00655. The topological polar surface area (TPSA) is 47.3 Å². The van der Waals surface area contributed by atoms with Crippen LogP contribution in [0.5, 0.6) is 0 Å². The molecule has 0 N–H and O–H groups in total. The molecular formula is C14H16FN3O. The van der Waals surface area contributed by atoms with E-state index in [0.717, 1.165) is 0 Å². The van der Waals surface area contributed by atoms with Crippen molar-refractivity contribution in [3.63, 3.8) is 0 Å². The van der Waals surface area contributed by atoms with Crippen LogP contribution < -0.4 is 4.90 Å². The van der Waals surface area contributed by atoms with Gasteiger partial charge in [0.05, 0.1) is 5.69 Å². The highest BCUT2D eigenvalue weighted by atomic mass is 19.1. The zero-order chi connectivity index (χ0) is 14.2. The Bertz CT molecular complexity index is 562. The van der Waals surface area contributed by atoms with E-state index in [4.69, 9.17) is 5.26 Å². The summed E-state index contributed by atoms with van der Waals surface area (Å²) in [4.78, 5) is 15.7. The highest BCUT2D eigenvalue weighted by Crippen LogP contribution is 2.31. The first kappa shape index (κ1) is 13.3. The van der Waals surface area contributed by atoms with Crippen LogP contribution in [0.2, 0.25) is 0 Å². The molecule has 2 rings (SSSR count). The third-order valence-corrected chi connectivity index (χ3v) is 3.60. The number of benzene rings is 1. The molecule has 1 aromatic rings. The summed E-state index contributed by atoms with van der Waals surface area (Å²) < 4.78 is 13.7. The minimum atomic E-state index is -0.785. The Hall–Kier alpha value is -2.09. The van der Waals surface area contributed by atoms with Crippen molar-refractivity contribution in [1.29, 1.82) is 5.26 Å². The van der Waals surface area contributed by atoms with E-state index < -0.39 is 11.4 Å². The van der Waals surface area contributed by atoms with Gasteiger partial charge in [0.25, 0.3) is 0 Å². The van der Waals surface area contributed by atoms with Crippen LogP contribution >= 0.6 is 0 Å². The molecule has 0 bridgehead atoms. The SMILES string of the molecule is CN1CCN(c2cccc(F)c2C#N)C(C)(C)C1=O. The van der Waals surface area contributed by atoms with Crippen molar-refractivity contribution < 1.29 is 9.18 Å². The van der Waals surface area contributed by atoms with Crippen LogP contribution in [0.3, 0.4) is 0 Å². The maximum atomic E-state index is 13.7. The van der Waals surface area contributed by atoms with E-state index in [1.165, 1.54) is 6.07 Å². The van der Waals surface area contributed by atoms with Crippen LogP contribution in [0, 0.1) is 17.1 Å². The van der Waals surface area contributed by atoms with Crippen LogP contribution in [-0.4, -0.2) is 36.5 Å². The van der Waals surface area contributed by atoms with E-state index >= 15 is 0 Å². The van der Waals surface area contributed by atoms with Gasteiger partial charge in [-0.05, 0) is 26.0 Å². The largest absolute Gasteiger partial charge is 0.355 e. The van der Waals surface area contributed by atoms with Crippen molar-refractivity contribution in [2.24, 2.45) is 0 Å². The van der Waals surface area contributed by atoms with Gasteiger partial charge in [-0.2, -0.15) is 5.26 Å². The maximum Gasteiger partial charge on any atom is 0.247 e. The Balaban J connectivity index is 2.51. The van der Waals surface area contributed by atoms with E-state index in [1.807, 2.05) is 6.07 Å². The number of carbonyl (C=O) groups is 1. The number of nitrogens with zero attached hydrogens (tertiary/aromatic N) is 3. The van der Waals surface area contributed by atoms with Crippen molar-refractivity contribution in [1.82, 2.24) is 4.90 Å². The molecule has 0 spiro atoms. The van der Waals surface area contributed by atoms with Crippen LogP contribution in [-0.2, 0) is 4.79 Å². The second kappa shape index (κ2) is 4.54. The molecule has 4 nitrogen and oxygen atoms in total. The van der Waals surface area contributed by atoms with Gasteiger partial charge in [0, 0.05) is 20.1 Å². The van der Waals surface area contributed by atoms with Gasteiger partial charge in [0.1, 0.15) is 23.0 Å². The second-order valence-corrected chi connectivity index (χ2v) is 5.18. The van der Waals surface area contributed by atoms with Gasteiger partial charge in [-0.3, -0.25) is 4.79 Å². The van der Waals surface area contributed by atoms with E-state index in [2.05, 4.69) is 0 Å². The molecular weight excluding hydrogens is 245 g/mol. The zero-order valence-corrected chi connectivity index (χ0v) is 11.3. The quantitative estimate of drug-likeness (QED) is 0.774. The first-order valence-corrected chi connectivity index (χ1v) is 6.11. The molecule has 19 heavy (non-hydrogen) atoms. The molecule has 0 saturated carbocycles. The lowest BCUT2D eigenvalue weighted by Crippen LogP contribution is -2.62. The molecule has 1 aromatic carbocycles. The molecule has 1 amide bonds. The summed E-state index contributed by atoms with van der Waals surface area (Å²) in [6.45, 7) is 4.71. The molecule has 0 atom stereocenters. The number of carbonyl (C=O) groups excluding carboxylic acids is 1. The monoisotopic (exact) mass is 261 g/mol. The molecule has 0 aliphatic carbocycles. The number of piperazine rings is 1. The normalized spacial score (nSPS) is 18.4. The standard InChI is InChI=1S/C14H16FN3O/c1-14(2)13(19)17(3)7-8-18(14)12-6-4-5-11(15)10(12)9-16/h4-6H,7-8H2,1-3H3. The fraction of sp³-hybridized carbons (Fsp3) is 0.429. The molecule has 0 unspecified atom stereocenters. The van der Waals surface area contributed by atoms with Crippen molar-refractivity contribution in [3.05, 3.63) is 29.6 Å². The molecule has 1 saturated heterocycles. The Labute approximate surface area is 112 Å². The van der Waals surface area contributed by atoms with E-state index in [-0.39, 0.29) is 11.5 Å². The summed E-state index contributed by atoms with van der Waals surface area (Å²) in [7, 11) is 1.75. The summed E-state index contributed by atoms with van der Waals surface area (Å²) in [5, 5.41) is 9.11. The molecule has 1 fully saturated rings. The van der Waals surface area contributed by atoms with Gasteiger partial charge in [0.2, 0.25) is 5.91 Å². The van der Waals surface area contributed by atoms with Crippen molar-refractivity contribution in [2.75, 3.05) is 25.0 Å². The zero-order valence-electron chi connectivity index (χ0n) is 11.3. The van der Waals surface area contributed by atoms with Crippen LogP contribution in [0.1, 0.15) is 19.4 Å². The number of rotatable bonds is 1. The van der Waals surface area contributed by atoms with Crippen LogP contribution in [0.25, 0.3) is 0 Å². The molecule has 100 valence electrons. The van der Waals surface area contributed by atoms with Crippen LogP contribution in [0.4, 0.5) is 10.1 Å². The lowest BCUT2D eigenvalue weighted by molar-refractivity contribution is -0.136. The number of nitriles is 1. The molecule has 1 heterocycles. The molecule has 0 radical (unpaired) electrons. The first-order chi connectivity index (χ1) is 8.89. The lowest BCUT2D eigenvalue weighted by Gasteiger charge is -2.46. The fourth-order valence-corrected chi connectivity index (χ4v) is 2.48. The second-order valence-electron chi connectivity index (χ2n) is 5.18. The molecule has 1 aliphatic rings. The van der Waals surface area contributed by atoms with Gasteiger partial charge >= 0.3 is 0 Å². The third-order valence-electron chi connectivity index (χ3n) is 3.60. The summed E-state index contributed by atoms with van der Waals surface area (Å²) >= 11 is 0. The van der Waals surface area contributed by atoms with Crippen molar-refractivity contribution >= 4 is 11.6 Å². The minimum Gasteiger partial charge on any atom is -0.355 e. The lowest BCUT2D eigenvalue weighted by atomic mass is 9.95. The van der Waals surface area contributed by atoms with Gasteiger partial charge < -0.3 is 9.80 Å². The Morgan fingerprint density at radius 1 is 1.37 bits per heavy atom. The number of halogens is 1. The van der Waals surface area contributed by atoms with E-state index in [9.17, 15) is 9.18 Å². The van der Waals surface area contributed by atoms with E-state index in [1.54, 1.807) is 42.8 Å². The number of hydrogen-bond donors (Lipinski definition) is 0. The van der Waals surface area contributed by atoms with Crippen molar-refractivity contribution in [3.8, 4) is 6.07 Å². The average molecular weight is 261 g/mol. The number of amides is 1. The highest BCUT2D eigenvalue weighted by Gasteiger charge is 2.41. The Morgan fingerprint density at radius 2 is 2.05 bits per heavy atom. The maximum absolute atomic E-state index is 13.7. The predicted octanol–water partition coefficient (Wildman–Crippen LogP) is 1.75. The molecule has 5 heteroatoms. The van der Waals surface area contributed by atoms with Gasteiger partial charge in [-0.15, -0.1) is 0 Å². The number of anilines is 1. The van der Waals surface area contributed by atoms with Gasteiger partial charge in [-0.25, -0.2) is 4.39 Å². The summed E-state index contributed by atoms with van der Waals surface area (Å²) in [5.41, 5.74) is -0.311. The first-order valence-electron chi connectivity index (χ1n) is 6.11. The van der Waals surface area contributed by atoms with Gasteiger partial charge in [0.15, 0.2) is 0 Å². The molecule has 0 aromatic heterocycles. The highest BCUT2D eigenvalue weighted by molar-refractivity contribution is 5.90. The Kier molecular flexibility index (Phi) is 3.19. The van der Waals surface area contributed by atoms with E-state index in [0.29, 0.717) is 18.8 Å². The van der Waals surface area contributed by atoms with Crippen LogP contribution in [0.15, 0.2) is 18.2 Å². The fourth-order valence-electron chi connectivity index (χ4n) is 2.48. The number of hydrogen-bond acceptors (Lipinski definition) is 3. The van der Waals surface area contributed by atoms with Crippen molar-refractivity contribution in [2.45, 2.75) is 19.4 Å². The predicted molar refractivity (Wildman–Crippen MR) is 70.2 cm³/mol.